The number of likely N-dealkylation sites (N-methyl/N-ethyl adjacent to an activating group) is 1. The summed E-state index contributed by atoms with van der Waals surface area (Å²) in [6, 6.07) is 0. The van der Waals surface area contributed by atoms with Gasteiger partial charge in [-0.05, 0) is 6.42 Å². The number of quaternary nitrogens is 1. The number of aliphatic carboxylic acids is 1. The summed E-state index contributed by atoms with van der Waals surface area (Å²) in [7, 11) is 5.31. The molecule has 0 spiro atoms. The Bertz CT molecular complexity index is 378. The molecule has 0 aromatic rings. The number of nitrogens with one attached hydrogen (secondary N) is 1. The van der Waals surface area contributed by atoms with Crippen LogP contribution in [0.5, 0.6) is 0 Å². The highest BCUT2D eigenvalue weighted by Crippen LogP contribution is 2.14. The summed E-state index contributed by atoms with van der Waals surface area (Å²) in [6.45, 7) is 4.13. The van der Waals surface area contributed by atoms with Gasteiger partial charge in [0.25, 0.3) is 6.17 Å². The average Bonchev–Trinajstić information content (AvgIpc) is 2.52. The maximum absolute atomic E-state index is 12.2. The lowest BCUT2D eigenvalue weighted by Crippen LogP contribution is -2.60. The third kappa shape index (κ3) is 12.0. The number of hydrogen-bond acceptors (Lipinski definition) is 2. The Morgan fingerprint density at radius 2 is 1.32 bits per heavy atom. The van der Waals surface area contributed by atoms with Gasteiger partial charge in [0.1, 0.15) is 0 Å². The normalized spacial score (nSPS) is 14.1. The third-order valence-corrected chi connectivity index (χ3v) is 4.73. The molecule has 0 rings (SSSR count). The smallest absolute Gasteiger partial charge is 0.385 e. The van der Waals surface area contributed by atoms with E-state index in [1.54, 1.807) is 21.1 Å². The monoisotopic (exact) mass is 357 g/mol. The van der Waals surface area contributed by atoms with E-state index < -0.39 is 12.1 Å². The summed E-state index contributed by atoms with van der Waals surface area (Å²) in [4.78, 5) is 23.5. The molecule has 5 heteroatoms. The van der Waals surface area contributed by atoms with E-state index in [-0.39, 0.29) is 16.3 Å². The molecule has 0 aromatic heterocycles. The molecule has 2 atom stereocenters. The molecule has 0 aliphatic carbocycles. The first-order valence-electron chi connectivity index (χ1n) is 10.0. The number of carboxylic acid groups (broad SMARTS) is 1. The van der Waals surface area contributed by atoms with Crippen LogP contribution in [-0.4, -0.2) is 48.8 Å². The predicted molar refractivity (Wildman–Crippen MR) is 103 cm³/mol. The molecular weight excluding hydrogens is 316 g/mol. The third-order valence-electron chi connectivity index (χ3n) is 4.73. The minimum atomic E-state index is -0.994. The average molecular weight is 358 g/mol. The van der Waals surface area contributed by atoms with E-state index in [0.29, 0.717) is 0 Å². The Balaban J connectivity index is 3.82. The summed E-state index contributed by atoms with van der Waals surface area (Å²) in [5, 5.41) is 11.9. The fourth-order valence-electron chi connectivity index (χ4n) is 2.93. The van der Waals surface area contributed by atoms with E-state index in [0.717, 1.165) is 19.3 Å². The topological polar surface area (TPSA) is 66.4 Å². The van der Waals surface area contributed by atoms with E-state index in [2.05, 4.69) is 12.2 Å². The van der Waals surface area contributed by atoms with Gasteiger partial charge in [0.2, 0.25) is 5.91 Å². The van der Waals surface area contributed by atoms with Crippen molar-refractivity contribution in [2.45, 2.75) is 90.6 Å². The van der Waals surface area contributed by atoms with Gasteiger partial charge in [-0.25, -0.2) is 4.79 Å². The Morgan fingerprint density at radius 3 is 1.72 bits per heavy atom. The second-order valence-corrected chi connectivity index (χ2v) is 8.24. The molecule has 0 bridgehead atoms. The van der Waals surface area contributed by atoms with Crippen LogP contribution in [0.2, 0.25) is 0 Å². The van der Waals surface area contributed by atoms with Crippen molar-refractivity contribution in [1.82, 2.24) is 5.32 Å². The summed E-state index contributed by atoms with van der Waals surface area (Å²) in [6.07, 6.45) is 12.7. The number of carbonyl (C=O) groups is 2. The van der Waals surface area contributed by atoms with Crippen molar-refractivity contribution in [3.8, 4) is 0 Å². The molecule has 0 aliphatic heterocycles. The zero-order valence-electron chi connectivity index (χ0n) is 17.1. The van der Waals surface area contributed by atoms with Gasteiger partial charge in [-0.15, -0.1) is 0 Å². The molecule has 25 heavy (non-hydrogen) atoms. The number of carboxylic acids is 1. The van der Waals surface area contributed by atoms with Gasteiger partial charge in [-0.1, -0.05) is 78.1 Å². The second-order valence-electron chi connectivity index (χ2n) is 8.24. The van der Waals surface area contributed by atoms with E-state index in [9.17, 15) is 14.7 Å². The number of amides is 1. The van der Waals surface area contributed by atoms with Crippen LogP contribution < -0.4 is 5.32 Å². The quantitative estimate of drug-likeness (QED) is 0.263. The van der Waals surface area contributed by atoms with Gasteiger partial charge in [-0.2, -0.15) is 0 Å². The number of nitrogens with zero attached hydrogens (tertiary/aromatic N) is 1. The molecule has 2 N–H and O–H groups in total. The van der Waals surface area contributed by atoms with E-state index in [1.165, 1.54) is 51.4 Å². The van der Waals surface area contributed by atoms with Gasteiger partial charge >= 0.3 is 5.97 Å². The molecule has 0 saturated heterocycles. The van der Waals surface area contributed by atoms with Crippen LogP contribution in [-0.2, 0) is 9.59 Å². The van der Waals surface area contributed by atoms with Crippen molar-refractivity contribution < 1.29 is 19.2 Å². The van der Waals surface area contributed by atoms with Crippen LogP contribution in [0.25, 0.3) is 0 Å². The van der Waals surface area contributed by atoms with E-state index in [1.807, 2.05) is 6.92 Å². The second kappa shape index (κ2) is 13.2. The molecule has 0 aromatic carbocycles. The van der Waals surface area contributed by atoms with Gasteiger partial charge in [0, 0.05) is 5.92 Å². The molecule has 0 heterocycles. The standard InChI is InChI=1S/C20H40N2O3/c1-6-7-8-9-10-11-12-13-14-15-16-17(2)19(23)21-18(20(24)25)22(3,4)5/h17-18H,6-16H2,1-5H3,(H-,21,23,24,25)/p+1. The highest BCUT2D eigenvalue weighted by molar-refractivity contribution is 5.83. The van der Waals surface area contributed by atoms with Crippen molar-refractivity contribution in [1.29, 1.82) is 0 Å². The van der Waals surface area contributed by atoms with Crippen LogP contribution >= 0.6 is 0 Å². The van der Waals surface area contributed by atoms with Gasteiger partial charge in [0.05, 0.1) is 21.1 Å². The largest absolute Gasteiger partial charge is 0.475 e. The van der Waals surface area contributed by atoms with Crippen LogP contribution in [0.15, 0.2) is 0 Å². The molecule has 1 amide bonds. The maximum Gasteiger partial charge on any atom is 0.385 e. The summed E-state index contributed by atoms with van der Waals surface area (Å²) < 4.78 is 0.173. The molecule has 0 aliphatic rings. The summed E-state index contributed by atoms with van der Waals surface area (Å²) in [5.41, 5.74) is 0. The fourth-order valence-corrected chi connectivity index (χ4v) is 2.93. The van der Waals surface area contributed by atoms with E-state index in [4.69, 9.17) is 0 Å². The lowest BCUT2D eigenvalue weighted by Gasteiger charge is -2.31. The Kier molecular flexibility index (Phi) is 12.6. The van der Waals surface area contributed by atoms with Crippen molar-refractivity contribution in [2.75, 3.05) is 21.1 Å². The Hall–Kier alpha value is -1.10. The van der Waals surface area contributed by atoms with Crippen molar-refractivity contribution in [2.24, 2.45) is 5.92 Å². The van der Waals surface area contributed by atoms with Crippen LogP contribution in [0, 0.1) is 5.92 Å². The predicted octanol–water partition coefficient (Wildman–Crippen LogP) is 4.17. The molecular formula is C20H41N2O3+. The Labute approximate surface area is 154 Å². The number of hydrogen-bond donors (Lipinski definition) is 2. The first-order valence-corrected chi connectivity index (χ1v) is 10.0. The van der Waals surface area contributed by atoms with Crippen LogP contribution in [0.1, 0.15) is 84.5 Å². The molecule has 0 fully saturated rings. The van der Waals surface area contributed by atoms with Gasteiger partial charge in [0.15, 0.2) is 0 Å². The molecule has 5 nitrogen and oxygen atoms in total. The lowest BCUT2D eigenvalue weighted by atomic mass is 10.0. The molecule has 148 valence electrons. The summed E-state index contributed by atoms with van der Waals surface area (Å²) in [5.74, 6) is -1.29. The minimum absolute atomic E-state index is 0.137. The van der Waals surface area contributed by atoms with Crippen LogP contribution in [0.4, 0.5) is 0 Å². The van der Waals surface area contributed by atoms with E-state index >= 15 is 0 Å². The van der Waals surface area contributed by atoms with Gasteiger partial charge < -0.3 is 9.59 Å². The lowest BCUT2D eigenvalue weighted by molar-refractivity contribution is -0.889. The highest BCUT2D eigenvalue weighted by Gasteiger charge is 2.33. The fraction of sp³-hybridized carbons (Fsp3) is 0.900. The van der Waals surface area contributed by atoms with Crippen molar-refractivity contribution >= 4 is 11.9 Å². The zero-order valence-corrected chi connectivity index (χ0v) is 17.1. The Morgan fingerprint density at radius 1 is 0.880 bits per heavy atom. The molecule has 0 saturated carbocycles. The minimum Gasteiger partial charge on any atom is -0.475 e. The first kappa shape index (κ1) is 23.9. The van der Waals surface area contributed by atoms with Gasteiger partial charge in [-0.3, -0.25) is 10.1 Å². The first-order chi connectivity index (χ1) is 11.7. The zero-order chi connectivity index (χ0) is 19.3. The number of rotatable bonds is 15. The van der Waals surface area contributed by atoms with Crippen molar-refractivity contribution in [3.05, 3.63) is 0 Å². The number of unbranched alkanes of at least 4 members (excludes halogenated alkanes) is 9. The van der Waals surface area contributed by atoms with Crippen molar-refractivity contribution in [3.63, 3.8) is 0 Å². The molecule has 0 radical (unpaired) electrons. The maximum atomic E-state index is 12.2. The van der Waals surface area contributed by atoms with Crippen LogP contribution in [0.3, 0.4) is 0 Å². The summed E-state index contributed by atoms with van der Waals surface area (Å²) >= 11 is 0. The SMILES string of the molecule is CCCCCCCCCCCCC(C)C(=O)NC(C(=O)O)[N+](C)(C)C. The molecule has 2 unspecified atom stereocenters. The number of carbonyl (C=O) groups excluding carboxylic acids is 1. The highest BCUT2D eigenvalue weighted by atomic mass is 16.4.